The molecule has 1 unspecified atom stereocenters. The fraction of sp³-hybridized carbons (Fsp3) is 0.538. The highest BCUT2D eigenvalue weighted by Crippen LogP contribution is 2.19. The first-order valence-corrected chi connectivity index (χ1v) is 6.03. The van der Waals surface area contributed by atoms with Crippen molar-refractivity contribution in [3.8, 4) is 5.75 Å². The number of aliphatic hydroxyl groups excluding tert-OH is 1. The molecule has 3 N–H and O–H groups in total. The normalized spacial score (nSPS) is 12.4. The molecule has 1 atom stereocenters. The molecule has 0 aliphatic carbocycles. The maximum absolute atomic E-state index is 13.0. The Balaban J connectivity index is 2.35. The van der Waals surface area contributed by atoms with Gasteiger partial charge >= 0.3 is 0 Å². The van der Waals surface area contributed by atoms with Gasteiger partial charge in [-0.2, -0.15) is 0 Å². The van der Waals surface area contributed by atoms with Crippen LogP contribution in [-0.2, 0) is 16.0 Å². The lowest BCUT2D eigenvalue weighted by Gasteiger charge is -2.14. The summed E-state index contributed by atoms with van der Waals surface area (Å²) >= 11 is 0. The van der Waals surface area contributed by atoms with E-state index in [1.807, 2.05) is 0 Å². The Morgan fingerprint density at radius 3 is 2.79 bits per heavy atom. The highest BCUT2D eigenvalue weighted by atomic mass is 19.1. The van der Waals surface area contributed by atoms with Crippen LogP contribution < -0.4 is 10.5 Å². The number of methoxy groups -OCH3 is 1. The van der Waals surface area contributed by atoms with Crippen molar-refractivity contribution < 1.29 is 23.7 Å². The topological polar surface area (TPSA) is 73.9 Å². The van der Waals surface area contributed by atoms with Crippen molar-refractivity contribution in [3.63, 3.8) is 0 Å². The van der Waals surface area contributed by atoms with Gasteiger partial charge in [-0.1, -0.05) is 0 Å². The molecular weight excluding hydrogens is 253 g/mol. The highest BCUT2D eigenvalue weighted by molar-refractivity contribution is 5.33. The molecule has 0 aliphatic rings. The van der Waals surface area contributed by atoms with Crippen molar-refractivity contribution in [1.82, 2.24) is 0 Å². The maximum Gasteiger partial charge on any atom is 0.124 e. The summed E-state index contributed by atoms with van der Waals surface area (Å²) in [6.07, 6.45) is -0.757. The van der Waals surface area contributed by atoms with Crippen LogP contribution in [0.1, 0.15) is 5.56 Å². The summed E-state index contributed by atoms with van der Waals surface area (Å²) in [5, 5.41) is 9.63. The Morgan fingerprint density at radius 2 is 2.11 bits per heavy atom. The Labute approximate surface area is 112 Å². The minimum Gasteiger partial charge on any atom is -0.490 e. The van der Waals surface area contributed by atoms with E-state index in [4.69, 9.17) is 19.9 Å². The van der Waals surface area contributed by atoms with Crippen LogP contribution in [0.5, 0.6) is 5.75 Å². The number of aliphatic hydroxyl groups is 1. The summed E-state index contributed by atoms with van der Waals surface area (Å²) in [5.74, 6) is 0.107. The first-order chi connectivity index (χ1) is 9.17. The summed E-state index contributed by atoms with van der Waals surface area (Å²) in [5.41, 5.74) is 6.05. The molecule has 0 fully saturated rings. The zero-order valence-electron chi connectivity index (χ0n) is 11.0. The lowest BCUT2D eigenvalue weighted by Crippen LogP contribution is -2.24. The fourth-order valence-electron chi connectivity index (χ4n) is 1.44. The van der Waals surface area contributed by atoms with Crippen LogP contribution in [0.25, 0.3) is 0 Å². The van der Waals surface area contributed by atoms with Gasteiger partial charge in [0.1, 0.15) is 24.3 Å². The number of rotatable bonds is 9. The van der Waals surface area contributed by atoms with Crippen molar-refractivity contribution in [2.75, 3.05) is 33.5 Å². The van der Waals surface area contributed by atoms with Crippen LogP contribution >= 0.6 is 0 Å². The fourth-order valence-corrected chi connectivity index (χ4v) is 1.44. The molecule has 0 spiro atoms. The van der Waals surface area contributed by atoms with Crippen LogP contribution in [0.3, 0.4) is 0 Å². The summed E-state index contributed by atoms with van der Waals surface area (Å²) in [7, 11) is 1.58. The van der Waals surface area contributed by atoms with Crippen LogP contribution in [0.2, 0.25) is 0 Å². The van der Waals surface area contributed by atoms with E-state index in [0.717, 1.165) is 0 Å². The van der Waals surface area contributed by atoms with Gasteiger partial charge in [0.2, 0.25) is 0 Å². The summed E-state index contributed by atoms with van der Waals surface area (Å²) < 4.78 is 28.3. The molecule has 0 bridgehead atoms. The van der Waals surface area contributed by atoms with Gasteiger partial charge in [0.05, 0.1) is 19.8 Å². The lowest BCUT2D eigenvalue weighted by molar-refractivity contribution is -0.00432. The third-order valence-corrected chi connectivity index (χ3v) is 2.42. The Hall–Kier alpha value is -1.21. The highest BCUT2D eigenvalue weighted by Gasteiger charge is 2.08. The lowest BCUT2D eigenvalue weighted by atomic mass is 10.2. The summed E-state index contributed by atoms with van der Waals surface area (Å²) in [6.45, 7) is 1.28. The van der Waals surface area contributed by atoms with E-state index < -0.39 is 6.10 Å². The van der Waals surface area contributed by atoms with Gasteiger partial charge in [-0.3, -0.25) is 0 Å². The van der Waals surface area contributed by atoms with E-state index in [1.165, 1.54) is 18.2 Å². The quantitative estimate of drug-likeness (QED) is 0.647. The zero-order valence-corrected chi connectivity index (χ0v) is 11.0. The standard InChI is InChI=1S/C13H20FNO4/c1-17-4-5-18-8-12(16)9-19-13-3-2-11(14)6-10(13)7-15/h2-3,6,12,16H,4-5,7-9,15H2,1H3. The van der Waals surface area contributed by atoms with Gasteiger partial charge in [0.15, 0.2) is 0 Å². The third kappa shape index (κ3) is 5.98. The van der Waals surface area contributed by atoms with Crippen molar-refractivity contribution in [3.05, 3.63) is 29.6 Å². The van der Waals surface area contributed by atoms with Crippen molar-refractivity contribution in [1.29, 1.82) is 0 Å². The van der Waals surface area contributed by atoms with Gasteiger partial charge in [-0.25, -0.2) is 4.39 Å². The smallest absolute Gasteiger partial charge is 0.124 e. The average molecular weight is 273 g/mol. The Morgan fingerprint density at radius 1 is 1.32 bits per heavy atom. The van der Waals surface area contributed by atoms with Crippen molar-refractivity contribution in [2.45, 2.75) is 12.6 Å². The molecule has 108 valence electrons. The minimum atomic E-state index is -0.757. The van der Waals surface area contributed by atoms with E-state index >= 15 is 0 Å². The average Bonchev–Trinajstić information content (AvgIpc) is 2.42. The molecule has 0 amide bonds. The van der Waals surface area contributed by atoms with Crippen molar-refractivity contribution >= 4 is 0 Å². The van der Waals surface area contributed by atoms with Crippen LogP contribution in [0.4, 0.5) is 4.39 Å². The van der Waals surface area contributed by atoms with E-state index in [1.54, 1.807) is 7.11 Å². The number of hydrogen-bond acceptors (Lipinski definition) is 5. The maximum atomic E-state index is 13.0. The molecule has 0 heterocycles. The molecule has 6 heteroatoms. The molecule has 5 nitrogen and oxygen atoms in total. The van der Waals surface area contributed by atoms with E-state index in [-0.39, 0.29) is 25.6 Å². The summed E-state index contributed by atoms with van der Waals surface area (Å²) in [6, 6.07) is 4.10. The number of ether oxygens (including phenoxy) is 3. The molecule has 0 radical (unpaired) electrons. The molecule has 0 aromatic heterocycles. The predicted octanol–water partition coefficient (Wildman–Crippen LogP) is 0.687. The second-order valence-electron chi connectivity index (χ2n) is 3.99. The molecule has 0 saturated carbocycles. The van der Waals surface area contributed by atoms with Gasteiger partial charge < -0.3 is 25.1 Å². The second kappa shape index (κ2) is 8.82. The molecule has 19 heavy (non-hydrogen) atoms. The molecule has 1 rings (SSSR count). The predicted molar refractivity (Wildman–Crippen MR) is 68.5 cm³/mol. The summed E-state index contributed by atoms with van der Waals surface area (Å²) in [4.78, 5) is 0. The zero-order chi connectivity index (χ0) is 14.1. The van der Waals surface area contributed by atoms with Gasteiger partial charge in [-0.05, 0) is 18.2 Å². The number of halogens is 1. The van der Waals surface area contributed by atoms with E-state index in [2.05, 4.69) is 0 Å². The molecule has 0 aliphatic heterocycles. The number of nitrogens with two attached hydrogens (primary N) is 1. The first kappa shape index (κ1) is 15.8. The van der Waals surface area contributed by atoms with Crippen LogP contribution in [0, 0.1) is 5.82 Å². The minimum absolute atomic E-state index is 0.0611. The largest absolute Gasteiger partial charge is 0.490 e. The Kier molecular flexibility index (Phi) is 7.35. The molecule has 0 saturated heterocycles. The van der Waals surface area contributed by atoms with Gasteiger partial charge in [-0.15, -0.1) is 0 Å². The van der Waals surface area contributed by atoms with Gasteiger partial charge in [0.25, 0.3) is 0 Å². The molecular formula is C13H20FNO4. The first-order valence-electron chi connectivity index (χ1n) is 6.03. The van der Waals surface area contributed by atoms with Crippen LogP contribution in [-0.4, -0.2) is 44.7 Å². The number of benzene rings is 1. The third-order valence-electron chi connectivity index (χ3n) is 2.42. The number of hydrogen-bond donors (Lipinski definition) is 2. The molecule has 1 aromatic rings. The Bertz CT molecular complexity index is 376. The SMILES string of the molecule is COCCOCC(O)COc1ccc(F)cc1CN. The van der Waals surface area contributed by atoms with E-state index in [0.29, 0.717) is 24.5 Å². The van der Waals surface area contributed by atoms with E-state index in [9.17, 15) is 9.50 Å². The second-order valence-corrected chi connectivity index (χ2v) is 3.99. The molecule has 1 aromatic carbocycles. The van der Waals surface area contributed by atoms with Crippen LogP contribution in [0.15, 0.2) is 18.2 Å². The van der Waals surface area contributed by atoms with Crippen molar-refractivity contribution in [2.24, 2.45) is 5.73 Å². The van der Waals surface area contributed by atoms with Gasteiger partial charge in [0, 0.05) is 19.2 Å². The monoisotopic (exact) mass is 273 g/mol.